The number of ether oxygens (including phenoxy) is 3. The van der Waals surface area contributed by atoms with Crippen molar-refractivity contribution in [3.05, 3.63) is 69.8 Å². The highest BCUT2D eigenvalue weighted by molar-refractivity contribution is 5.88. The number of benzene rings is 2. The first-order chi connectivity index (χ1) is 14.9. The minimum atomic E-state index is -0.718. The largest absolute Gasteiger partial charge is 0.493 e. The van der Waals surface area contributed by atoms with Gasteiger partial charge < -0.3 is 19.2 Å². The number of para-hydroxylation sites is 1. The van der Waals surface area contributed by atoms with Gasteiger partial charge in [0.2, 0.25) is 0 Å². The van der Waals surface area contributed by atoms with Crippen molar-refractivity contribution in [1.82, 2.24) is 9.97 Å². The van der Waals surface area contributed by atoms with Crippen LogP contribution in [0.25, 0.3) is 17.0 Å². The third kappa shape index (κ3) is 4.45. The van der Waals surface area contributed by atoms with Crippen molar-refractivity contribution < 1.29 is 19.0 Å². The molecule has 0 saturated carbocycles. The average Bonchev–Trinajstić information content (AvgIpc) is 3.11. The van der Waals surface area contributed by atoms with Crippen LogP contribution in [0.15, 0.2) is 47.3 Å². The van der Waals surface area contributed by atoms with E-state index in [1.807, 2.05) is 26.0 Å². The normalized spacial score (nSPS) is 16.2. The van der Waals surface area contributed by atoms with Gasteiger partial charge in [0, 0.05) is 23.6 Å². The molecule has 7 nitrogen and oxygen atoms in total. The zero-order valence-corrected chi connectivity index (χ0v) is 17.7. The number of nitrogens with zero attached hydrogens (tertiary/aromatic N) is 1. The number of aromatic amines is 1. The summed E-state index contributed by atoms with van der Waals surface area (Å²) >= 11 is 0. The van der Waals surface area contributed by atoms with Crippen molar-refractivity contribution in [2.24, 2.45) is 0 Å². The van der Waals surface area contributed by atoms with Crippen LogP contribution in [0.1, 0.15) is 43.8 Å². The molecule has 1 aromatic heterocycles. The second-order valence-corrected chi connectivity index (χ2v) is 7.44. The molecule has 0 amide bonds. The van der Waals surface area contributed by atoms with Crippen molar-refractivity contribution in [3.8, 4) is 11.5 Å². The number of rotatable bonds is 6. The fourth-order valence-corrected chi connectivity index (χ4v) is 3.59. The van der Waals surface area contributed by atoms with E-state index in [-0.39, 0.29) is 11.7 Å². The van der Waals surface area contributed by atoms with Crippen LogP contribution in [0.4, 0.5) is 0 Å². The van der Waals surface area contributed by atoms with Crippen LogP contribution >= 0.6 is 0 Å². The van der Waals surface area contributed by atoms with Crippen LogP contribution in [-0.4, -0.2) is 28.6 Å². The van der Waals surface area contributed by atoms with Gasteiger partial charge in [0.15, 0.2) is 11.9 Å². The predicted octanol–water partition coefficient (Wildman–Crippen LogP) is 3.96. The number of carbonyl (C=O) groups excluding carboxylic acids is 1. The summed E-state index contributed by atoms with van der Waals surface area (Å²) in [6, 6.07) is 10.8. The first kappa shape index (κ1) is 20.7. The van der Waals surface area contributed by atoms with E-state index in [0.717, 1.165) is 23.3 Å². The molecule has 0 unspecified atom stereocenters. The Kier molecular flexibility index (Phi) is 5.75. The lowest BCUT2D eigenvalue weighted by molar-refractivity contribution is -0.142. The molecular formula is C24H24N2O5. The first-order valence-electron chi connectivity index (χ1n) is 10.3. The predicted molar refractivity (Wildman–Crippen MR) is 117 cm³/mol. The molecule has 31 heavy (non-hydrogen) atoms. The van der Waals surface area contributed by atoms with E-state index in [1.54, 1.807) is 37.3 Å². The lowest BCUT2D eigenvalue weighted by Crippen LogP contribution is -2.16. The van der Waals surface area contributed by atoms with E-state index in [0.29, 0.717) is 29.1 Å². The summed E-state index contributed by atoms with van der Waals surface area (Å²) in [7, 11) is 0. The Morgan fingerprint density at radius 2 is 2.16 bits per heavy atom. The maximum Gasteiger partial charge on any atom is 0.331 e. The number of esters is 1. The molecule has 0 bridgehead atoms. The topological polar surface area (TPSA) is 90.5 Å². The monoisotopic (exact) mass is 420 g/mol. The van der Waals surface area contributed by atoms with Gasteiger partial charge in [-0.05, 0) is 51.1 Å². The quantitative estimate of drug-likeness (QED) is 0.479. The standard InChI is InChI=1S/C24H24N2O5/c1-4-29-20-13-17-11-14(2)30-21(17)12-16(20)9-10-22(27)31-15(3)23-25-19-8-6-5-7-18(19)24(28)26-23/h5-10,12-15H,4,11H2,1-3H3,(H,25,26,28)/b10-9+/t14-,15-/m1/s1. The molecule has 2 atom stereocenters. The van der Waals surface area contributed by atoms with Gasteiger partial charge >= 0.3 is 5.97 Å². The summed E-state index contributed by atoms with van der Waals surface area (Å²) < 4.78 is 17.0. The molecule has 4 rings (SSSR count). The molecular weight excluding hydrogens is 396 g/mol. The number of fused-ring (bicyclic) bond motifs is 2. The van der Waals surface area contributed by atoms with Crippen LogP contribution in [0.3, 0.4) is 0 Å². The lowest BCUT2D eigenvalue weighted by atomic mass is 10.1. The average molecular weight is 420 g/mol. The van der Waals surface area contributed by atoms with Gasteiger partial charge in [0.1, 0.15) is 17.6 Å². The molecule has 1 aliphatic rings. The van der Waals surface area contributed by atoms with E-state index in [4.69, 9.17) is 14.2 Å². The maximum atomic E-state index is 12.4. The Labute approximate surface area is 179 Å². The summed E-state index contributed by atoms with van der Waals surface area (Å²) in [5.74, 6) is 1.23. The van der Waals surface area contributed by atoms with Gasteiger partial charge in [0.05, 0.1) is 17.5 Å². The van der Waals surface area contributed by atoms with Crippen molar-refractivity contribution in [2.75, 3.05) is 6.61 Å². The zero-order valence-electron chi connectivity index (χ0n) is 17.7. The molecule has 1 aliphatic heterocycles. The number of hydrogen-bond acceptors (Lipinski definition) is 6. The minimum absolute atomic E-state index is 0.117. The summed E-state index contributed by atoms with van der Waals surface area (Å²) in [5, 5.41) is 0.487. The Balaban J connectivity index is 1.51. The third-order valence-corrected chi connectivity index (χ3v) is 5.04. The Morgan fingerprint density at radius 3 is 2.97 bits per heavy atom. The Bertz CT molecular complexity index is 1210. The van der Waals surface area contributed by atoms with Crippen LogP contribution in [0, 0.1) is 0 Å². The Hall–Kier alpha value is -3.61. The van der Waals surface area contributed by atoms with Crippen LogP contribution in [0.2, 0.25) is 0 Å². The third-order valence-electron chi connectivity index (χ3n) is 5.04. The minimum Gasteiger partial charge on any atom is -0.493 e. The van der Waals surface area contributed by atoms with E-state index < -0.39 is 12.1 Å². The second-order valence-electron chi connectivity index (χ2n) is 7.44. The highest BCUT2D eigenvalue weighted by Crippen LogP contribution is 2.35. The summed E-state index contributed by atoms with van der Waals surface area (Å²) in [4.78, 5) is 31.7. The number of nitrogens with one attached hydrogen (secondary N) is 1. The molecule has 2 heterocycles. The van der Waals surface area contributed by atoms with E-state index >= 15 is 0 Å². The highest BCUT2D eigenvalue weighted by Gasteiger charge is 2.21. The number of H-pyrrole nitrogens is 1. The van der Waals surface area contributed by atoms with Gasteiger partial charge in [-0.2, -0.15) is 0 Å². The molecule has 1 N–H and O–H groups in total. The van der Waals surface area contributed by atoms with Gasteiger partial charge in [-0.1, -0.05) is 12.1 Å². The number of carbonyl (C=O) groups is 1. The van der Waals surface area contributed by atoms with E-state index in [2.05, 4.69) is 9.97 Å². The van der Waals surface area contributed by atoms with Crippen molar-refractivity contribution in [2.45, 2.75) is 39.4 Å². The number of aromatic nitrogens is 2. The molecule has 3 aromatic rings. The molecule has 7 heteroatoms. The summed E-state index contributed by atoms with van der Waals surface area (Å²) in [6.07, 6.45) is 3.20. The second kappa shape index (κ2) is 8.63. The molecule has 0 radical (unpaired) electrons. The van der Waals surface area contributed by atoms with E-state index in [9.17, 15) is 9.59 Å². The molecule has 160 valence electrons. The SMILES string of the molecule is CCOc1cc2c(cc1/C=C/C(=O)O[C@H](C)c1nc3ccccc3c(=O)[nH]1)O[C@H](C)C2. The zero-order chi connectivity index (χ0) is 22.0. The van der Waals surface area contributed by atoms with Gasteiger partial charge in [0.25, 0.3) is 5.56 Å². The molecule has 0 spiro atoms. The van der Waals surface area contributed by atoms with Crippen molar-refractivity contribution >= 4 is 22.9 Å². The maximum absolute atomic E-state index is 12.4. The number of hydrogen-bond donors (Lipinski definition) is 1. The lowest BCUT2D eigenvalue weighted by Gasteiger charge is -2.12. The molecule has 0 saturated heterocycles. The van der Waals surface area contributed by atoms with Crippen LogP contribution in [0.5, 0.6) is 11.5 Å². The molecule has 0 fully saturated rings. The van der Waals surface area contributed by atoms with Crippen LogP contribution < -0.4 is 15.0 Å². The van der Waals surface area contributed by atoms with E-state index in [1.165, 1.54) is 6.08 Å². The van der Waals surface area contributed by atoms with Crippen molar-refractivity contribution in [1.29, 1.82) is 0 Å². The van der Waals surface area contributed by atoms with Crippen LogP contribution in [-0.2, 0) is 16.0 Å². The smallest absolute Gasteiger partial charge is 0.331 e. The van der Waals surface area contributed by atoms with Gasteiger partial charge in [-0.3, -0.25) is 4.79 Å². The summed E-state index contributed by atoms with van der Waals surface area (Å²) in [6.45, 7) is 6.10. The fourth-order valence-electron chi connectivity index (χ4n) is 3.59. The fraction of sp³-hybridized carbons (Fsp3) is 0.292. The molecule has 2 aromatic carbocycles. The summed E-state index contributed by atoms with van der Waals surface area (Å²) in [5.41, 5.74) is 2.10. The first-order valence-corrected chi connectivity index (χ1v) is 10.3. The van der Waals surface area contributed by atoms with Gasteiger partial charge in [-0.15, -0.1) is 0 Å². The van der Waals surface area contributed by atoms with Crippen molar-refractivity contribution in [3.63, 3.8) is 0 Å². The molecule has 0 aliphatic carbocycles. The van der Waals surface area contributed by atoms with Gasteiger partial charge in [-0.25, -0.2) is 9.78 Å². The highest BCUT2D eigenvalue weighted by atomic mass is 16.5. The Morgan fingerprint density at radius 1 is 1.35 bits per heavy atom.